The van der Waals surface area contributed by atoms with Gasteiger partial charge in [0.15, 0.2) is 0 Å². The highest BCUT2D eigenvalue weighted by molar-refractivity contribution is 14.1. The van der Waals surface area contributed by atoms with E-state index in [0.29, 0.717) is 0 Å². The van der Waals surface area contributed by atoms with Crippen molar-refractivity contribution in [1.82, 2.24) is 0 Å². The van der Waals surface area contributed by atoms with Crippen LogP contribution in [-0.2, 0) is 0 Å². The summed E-state index contributed by atoms with van der Waals surface area (Å²) in [6.45, 7) is 0. The summed E-state index contributed by atoms with van der Waals surface area (Å²) in [7, 11) is 8.12. The van der Waals surface area contributed by atoms with Crippen molar-refractivity contribution in [3.05, 3.63) is 46.0 Å². The van der Waals surface area contributed by atoms with E-state index in [1.165, 1.54) is 5.69 Å². The summed E-state index contributed by atoms with van der Waals surface area (Å²) in [5, 5.41) is 0. The van der Waals surface area contributed by atoms with Crippen molar-refractivity contribution in [2.75, 3.05) is 38.0 Å². The second-order valence-electron chi connectivity index (χ2n) is 5.00. The lowest BCUT2D eigenvalue weighted by Gasteiger charge is -2.15. The van der Waals surface area contributed by atoms with Crippen LogP contribution in [0.3, 0.4) is 0 Å². The Morgan fingerprint density at radius 1 is 0.800 bits per heavy atom. The summed E-state index contributed by atoms with van der Waals surface area (Å²) < 4.78 is 7.04. The van der Waals surface area contributed by atoms with E-state index in [1.54, 1.807) is 0 Å². The van der Waals surface area contributed by atoms with Crippen LogP contribution in [-0.4, -0.2) is 28.2 Å². The van der Waals surface area contributed by atoms with Gasteiger partial charge in [-0.2, -0.15) is 0 Å². The molecule has 106 valence electrons. The van der Waals surface area contributed by atoms with Crippen molar-refractivity contribution in [3.63, 3.8) is 0 Å². The fourth-order valence-corrected chi connectivity index (χ4v) is 2.40. The number of hydrogen-bond donors (Lipinski definition) is 0. The molecule has 2 aromatic carbocycles. The van der Waals surface area contributed by atoms with Crippen LogP contribution in [0, 0.1) is 3.57 Å². The van der Waals surface area contributed by atoms with Gasteiger partial charge in [-0.1, -0.05) is 0 Å². The fourth-order valence-electron chi connectivity index (χ4n) is 1.79. The van der Waals surface area contributed by atoms with E-state index in [4.69, 9.17) is 4.74 Å². The summed E-state index contributed by atoms with van der Waals surface area (Å²) in [5.41, 5.74) is 2.33. The molecule has 2 aromatic rings. The van der Waals surface area contributed by atoms with Crippen LogP contribution in [0.1, 0.15) is 0 Å². The van der Waals surface area contributed by atoms with Crippen molar-refractivity contribution in [2.45, 2.75) is 0 Å². The monoisotopic (exact) mass is 382 g/mol. The second-order valence-corrected chi connectivity index (χ2v) is 6.16. The Bertz CT molecular complexity index is 580. The highest BCUT2D eigenvalue weighted by Crippen LogP contribution is 2.30. The first-order valence-electron chi connectivity index (χ1n) is 6.39. The van der Waals surface area contributed by atoms with Crippen LogP contribution >= 0.6 is 22.6 Å². The molecule has 0 saturated heterocycles. The average Bonchev–Trinajstić information content (AvgIpc) is 2.41. The molecule has 0 bridgehead atoms. The minimum Gasteiger partial charge on any atom is -0.456 e. The molecule has 0 unspecified atom stereocenters. The first-order chi connectivity index (χ1) is 9.47. The van der Waals surface area contributed by atoms with Gasteiger partial charge in [-0.25, -0.2) is 0 Å². The molecule has 0 aliphatic heterocycles. The summed E-state index contributed by atoms with van der Waals surface area (Å²) in [4.78, 5) is 4.15. The molecule has 2 rings (SSSR count). The number of nitrogens with zero attached hydrogens (tertiary/aromatic N) is 2. The average molecular weight is 382 g/mol. The molecule has 0 saturated carbocycles. The number of rotatable bonds is 4. The molecule has 0 fully saturated rings. The van der Waals surface area contributed by atoms with Crippen molar-refractivity contribution >= 4 is 34.0 Å². The second kappa shape index (κ2) is 6.35. The lowest BCUT2D eigenvalue weighted by Crippen LogP contribution is -2.08. The topological polar surface area (TPSA) is 15.7 Å². The quantitative estimate of drug-likeness (QED) is 0.737. The van der Waals surface area contributed by atoms with Gasteiger partial charge in [-0.15, -0.1) is 0 Å². The maximum atomic E-state index is 5.93. The van der Waals surface area contributed by atoms with Gasteiger partial charge in [0.05, 0.1) is 3.57 Å². The summed E-state index contributed by atoms with van der Waals surface area (Å²) in [5.74, 6) is 1.74. The molecular formula is C16H19IN2O. The minimum atomic E-state index is 0.853. The van der Waals surface area contributed by atoms with Crippen molar-refractivity contribution in [3.8, 4) is 11.5 Å². The van der Waals surface area contributed by atoms with Crippen molar-refractivity contribution < 1.29 is 4.74 Å². The normalized spacial score (nSPS) is 10.2. The number of hydrogen-bond acceptors (Lipinski definition) is 3. The zero-order valence-corrected chi connectivity index (χ0v) is 14.4. The molecule has 0 N–H and O–H groups in total. The smallest absolute Gasteiger partial charge is 0.140 e. The Hall–Kier alpha value is -1.43. The standard InChI is InChI=1S/C16H19IN2O/c1-18(2)12-5-8-14(9-6-12)20-16-10-7-13(19(3)4)11-15(16)17/h5-11H,1-4H3. The Balaban J connectivity index is 2.17. The van der Waals surface area contributed by atoms with Gasteiger partial charge in [-0.05, 0) is 65.1 Å². The highest BCUT2D eigenvalue weighted by atomic mass is 127. The Kier molecular flexibility index (Phi) is 4.75. The zero-order valence-electron chi connectivity index (χ0n) is 12.2. The minimum absolute atomic E-state index is 0.853. The molecule has 0 aromatic heterocycles. The van der Waals surface area contributed by atoms with Gasteiger partial charge in [-0.3, -0.25) is 0 Å². The molecule has 0 radical (unpaired) electrons. The van der Waals surface area contributed by atoms with Gasteiger partial charge in [0, 0.05) is 39.6 Å². The van der Waals surface area contributed by atoms with E-state index in [-0.39, 0.29) is 0 Å². The van der Waals surface area contributed by atoms with Crippen LogP contribution in [0.5, 0.6) is 11.5 Å². The number of anilines is 2. The van der Waals surface area contributed by atoms with E-state index in [9.17, 15) is 0 Å². The molecule has 0 heterocycles. The molecule has 0 amide bonds. The molecule has 0 atom stereocenters. The molecular weight excluding hydrogens is 363 g/mol. The maximum Gasteiger partial charge on any atom is 0.140 e. The molecule has 0 spiro atoms. The predicted molar refractivity (Wildman–Crippen MR) is 94.3 cm³/mol. The predicted octanol–water partition coefficient (Wildman–Crippen LogP) is 4.22. The molecule has 0 aliphatic carbocycles. The first-order valence-corrected chi connectivity index (χ1v) is 7.47. The number of ether oxygens (including phenoxy) is 1. The number of benzene rings is 2. The molecule has 3 nitrogen and oxygen atoms in total. The lowest BCUT2D eigenvalue weighted by atomic mass is 10.2. The maximum absolute atomic E-state index is 5.93. The third-order valence-electron chi connectivity index (χ3n) is 3.01. The van der Waals surface area contributed by atoms with Crippen LogP contribution in [0.4, 0.5) is 11.4 Å². The third kappa shape index (κ3) is 3.56. The van der Waals surface area contributed by atoms with Gasteiger partial charge in [0.25, 0.3) is 0 Å². The SMILES string of the molecule is CN(C)c1ccc(Oc2ccc(N(C)C)cc2I)cc1. The zero-order chi connectivity index (χ0) is 14.7. The Labute approximate surface area is 134 Å². The number of halogens is 1. The van der Waals surface area contributed by atoms with E-state index in [0.717, 1.165) is 20.8 Å². The molecule has 4 heteroatoms. The van der Waals surface area contributed by atoms with Gasteiger partial charge in [0.2, 0.25) is 0 Å². The molecule has 0 aliphatic rings. The summed E-state index contributed by atoms with van der Waals surface area (Å²) in [6, 6.07) is 14.3. The Morgan fingerprint density at radius 3 is 1.85 bits per heavy atom. The Morgan fingerprint density at radius 2 is 1.35 bits per heavy atom. The van der Waals surface area contributed by atoms with Gasteiger partial charge in [0.1, 0.15) is 11.5 Å². The highest BCUT2D eigenvalue weighted by Gasteiger charge is 2.05. The van der Waals surface area contributed by atoms with Crippen molar-refractivity contribution in [1.29, 1.82) is 0 Å². The summed E-state index contributed by atoms with van der Waals surface area (Å²) in [6.07, 6.45) is 0. The van der Waals surface area contributed by atoms with Crippen LogP contribution < -0.4 is 14.5 Å². The van der Waals surface area contributed by atoms with E-state index >= 15 is 0 Å². The summed E-state index contributed by atoms with van der Waals surface area (Å²) >= 11 is 2.30. The van der Waals surface area contributed by atoms with Gasteiger partial charge < -0.3 is 14.5 Å². The van der Waals surface area contributed by atoms with E-state index in [1.807, 2.05) is 46.4 Å². The first kappa shape index (κ1) is 15.0. The van der Waals surface area contributed by atoms with Gasteiger partial charge >= 0.3 is 0 Å². The van der Waals surface area contributed by atoms with E-state index in [2.05, 4.69) is 56.7 Å². The van der Waals surface area contributed by atoms with Crippen LogP contribution in [0.15, 0.2) is 42.5 Å². The van der Waals surface area contributed by atoms with Crippen molar-refractivity contribution in [2.24, 2.45) is 0 Å². The van der Waals surface area contributed by atoms with Crippen LogP contribution in [0.2, 0.25) is 0 Å². The van der Waals surface area contributed by atoms with E-state index < -0.39 is 0 Å². The van der Waals surface area contributed by atoms with Crippen LogP contribution in [0.25, 0.3) is 0 Å². The molecule has 20 heavy (non-hydrogen) atoms. The lowest BCUT2D eigenvalue weighted by molar-refractivity contribution is 0.479. The fraction of sp³-hybridized carbons (Fsp3) is 0.250. The third-order valence-corrected chi connectivity index (χ3v) is 3.86. The largest absolute Gasteiger partial charge is 0.456 e.